The predicted molar refractivity (Wildman–Crippen MR) is 151 cm³/mol. The number of thiazole rings is 1. The van der Waals surface area contributed by atoms with E-state index < -0.39 is 26.0 Å². The molecule has 0 aliphatic carbocycles. The molecule has 38 heavy (non-hydrogen) atoms. The average Bonchev–Trinajstić information content (AvgIpc) is 3.40. The van der Waals surface area contributed by atoms with Crippen LogP contribution < -0.4 is 14.9 Å². The van der Waals surface area contributed by atoms with Crippen molar-refractivity contribution in [2.75, 3.05) is 29.5 Å². The quantitative estimate of drug-likeness (QED) is 0.178. The largest absolute Gasteiger partial charge is 0.748 e. The van der Waals surface area contributed by atoms with Crippen molar-refractivity contribution >= 4 is 65.3 Å². The summed E-state index contributed by atoms with van der Waals surface area (Å²) in [5.74, 6) is -0.510. The van der Waals surface area contributed by atoms with Crippen molar-refractivity contribution in [1.82, 2.24) is 5.48 Å². The van der Waals surface area contributed by atoms with Gasteiger partial charge in [-0.2, -0.15) is 22.7 Å². The van der Waals surface area contributed by atoms with Gasteiger partial charge < -0.3 is 9.45 Å². The molecule has 0 saturated heterocycles. The summed E-state index contributed by atoms with van der Waals surface area (Å²) in [5.41, 5.74) is 4.41. The van der Waals surface area contributed by atoms with Crippen LogP contribution in [0.5, 0.6) is 0 Å². The molecule has 3 aromatic rings. The molecule has 0 spiro atoms. The molecule has 204 valence electrons. The third-order valence-electron chi connectivity index (χ3n) is 5.63. The van der Waals surface area contributed by atoms with Crippen molar-refractivity contribution in [1.29, 1.82) is 0 Å². The van der Waals surface area contributed by atoms with Crippen LogP contribution in [0, 0.1) is 0 Å². The SMILES string of the molecule is CCNOS(=O)(=O)CCCN1C(=CC=Cc2sc3ccccc3[n+]2CCCS(=O)(=O)[O-])Sc2ccccc21. The Kier molecular flexibility index (Phi) is 9.63. The number of para-hydroxylation sites is 2. The molecule has 0 fully saturated rings. The fourth-order valence-electron chi connectivity index (χ4n) is 4.02. The van der Waals surface area contributed by atoms with Crippen LogP contribution in [0.15, 0.2) is 70.6 Å². The van der Waals surface area contributed by atoms with Gasteiger partial charge in [-0.05, 0) is 30.7 Å². The molecule has 0 unspecified atom stereocenters. The highest BCUT2D eigenvalue weighted by Gasteiger charge is 2.25. The molecule has 1 aliphatic rings. The molecule has 2 aromatic carbocycles. The van der Waals surface area contributed by atoms with Crippen LogP contribution in [0.1, 0.15) is 24.8 Å². The smallest absolute Gasteiger partial charge is 0.283 e. The number of aryl methyl sites for hydroxylation is 1. The van der Waals surface area contributed by atoms with Gasteiger partial charge in [-0.25, -0.2) is 8.42 Å². The maximum atomic E-state index is 12.1. The van der Waals surface area contributed by atoms with E-state index in [1.165, 1.54) is 0 Å². The van der Waals surface area contributed by atoms with E-state index in [4.69, 9.17) is 4.28 Å². The third kappa shape index (κ3) is 7.65. The molecule has 1 aliphatic heterocycles. The zero-order valence-corrected chi connectivity index (χ0v) is 24.0. The van der Waals surface area contributed by atoms with E-state index in [1.807, 2.05) is 71.3 Å². The second-order valence-electron chi connectivity index (χ2n) is 8.46. The minimum atomic E-state index is -4.27. The van der Waals surface area contributed by atoms with E-state index in [2.05, 4.69) is 10.4 Å². The average molecular weight is 596 g/mol. The van der Waals surface area contributed by atoms with Gasteiger partial charge in [-0.1, -0.05) is 60.4 Å². The van der Waals surface area contributed by atoms with Crippen LogP contribution in [-0.4, -0.2) is 46.0 Å². The Labute approximate surface area is 231 Å². The predicted octanol–water partition coefficient (Wildman–Crippen LogP) is 3.85. The van der Waals surface area contributed by atoms with Crippen molar-refractivity contribution in [2.45, 2.75) is 31.2 Å². The minimum absolute atomic E-state index is 0.104. The van der Waals surface area contributed by atoms with Crippen LogP contribution in [0.3, 0.4) is 0 Å². The van der Waals surface area contributed by atoms with Crippen molar-refractivity contribution < 1.29 is 30.2 Å². The number of rotatable bonds is 13. The Morgan fingerprint density at radius 1 is 1.05 bits per heavy atom. The highest BCUT2D eigenvalue weighted by atomic mass is 32.2. The molecule has 0 saturated carbocycles. The van der Waals surface area contributed by atoms with Crippen LogP contribution in [0.4, 0.5) is 5.69 Å². The van der Waals surface area contributed by atoms with Crippen LogP contribution in [-0.2, 0) is 31.1 Å². The first kappa shape index (κ1) is 28.7. The number of nitrogens with zero attached hydrogens (tertiary/aromatic N) is 2. The second-order valence-corrected chi connectivity index (χ2v) is 13.8. The highest BCUT2D eigenvalue weighted by molar-refractivity contribution is 8.03. The summed E-state index contributed by atoms with van der Waals surface area (Å²) in [7, 11) is -7.92. The molecule has 2 heterocycles. The van der Waals surface area contributed by atoms with E-state index in [-0.39, 0.29) is 12.2 Å². The molecule has 4 rings (SSSR count). The molecular formula is C25H29N3O6S4. The molecule has 1 N–H and O–H groups in total. The van der Waals surface area contributed by atoms with Crippen molar-refractivity contribution in [3.05, 3.63) is 70.7 Å². The van der Waals surface area contributed by atoms with Gasteiger partial charge in [-0.15, -0.1) is 0 Å². The highest BCUT2D eigenvalue weighted by Crippen LogP contribution is 2.45. The summed E-state index contributed by atoms with van der Waals surface area (Å²) in [4.78, 5) is 3.19. The lowest BCUT2D eigenvalue weighted by atomic mass is 10.3. The molecule has 0 atom stereocenters. The number of aromatic nitrogens is 1. The van der Waals surface area contributed by atoms with Gasteiger partial charge in [-0.3, -0.25) is 0 Å². The Hall–Kier alpha value is -2.26. The minimum Gasteiger partial charge on any atom is -0.748 e. The summed E-state index contributed by atoms with van der Waals surface area (Å²) in [6.45, 7) is 3.07. The number of fused-ring (bicyclic) bond motifs is 2. The monoisotopic (exact) mass is 595 g/mol. The molecule has 0 amide bonds. The van der Waals surface area contributed by atoms with E-state index in [0.717, 1.165) is 30.8 Å². The van der Waals surface area contributed by atoms with E-state index in [1.54, 1.807) is 30.0 Å². The molecule has 0 bridgehead atoms. The zero-order valence-electron chi connectivity index (χ0n) is 20.8. The van der Waals surface area contributed by atoms with Gasteiger partial charge in [0.2, 0.25) is 5.52 Å². The first-order valence-corrected chi connectivity index (χ1v) is 16.9. The number of benzene rings is 2. The topological polar surface area (TPSA) is 120 Å². The Morgan fingerprint density at radius 2 is 1.82 bits per heavy atom. The summed E-state index contributed by atoms with van der Waals surface area (Å²) >= 11 is 3.20. The van der Waals surface area contributed by atoms with Crippen molar-refractivity contribution in [2.24, 2.45) is 0 Å². The normalized spacial score (nSPS) is 15.2. The second kappa shape index (κ2) is 12.7. The number of nitrogens with one attached hydrogen (secondary N) is 1. The number of anilines is 1. The van der Waals surface area contributed by atoms with Gasteiger partial charge >= 0.3 is 0 Å². The summed E-state index contributed by atoms with van der Waals surface area (Å²) < 4.78 is 65.3. The molecule has 0 radical (unpaired) electrons. The molecule has 9 nitrogen and oxygen atoms in total. The zero-order chi connectivity index (χ0) is 27.2. The fraction of sp³-hybridized carbons (Fsp3) is 0.320. The van der Waals surface area contributed by atoms with E-state index in [0.29, 0.717) is 26.1 Å². The maximum Gasteiger partial charge on any atom is 0.283 e. The van der Waals surface area contributed by atoms with E-state index >= 15 is 0 Å². The number of hydrogen-bond donors (Lipinski definition) is 1. The van der Waals surface area contributed by atoms with Crippen LogP contribution in [0.25, 0.3) is 16.3 Å². The van der Waals surface area contributed by atoms with Crippen LogP contribution >= 0.6 is 23.1 Å². The lowest BCUT2D eigenvalue weighted by Gasteiger charge is -2.20. The maximum absolute atomic E-state index is 12.1. The fourth-order valence-corrected chi connectivity index (χ4v) is 7.57. The van der Waals surface area contributed by atoms with Gasteiger partial charge in [0.25, 0.3) is 15.1 Å². The van der Waals surface area contributed by atoms with Crippen molar-refractivity contribution in [3.63, 3.8) is 0 Å². The third-order valence-corrected chi connectivity index (χ3v) is 9.84. The number of thioether (sulfide) groups is 1. The van der Waals surface area contributed by atoms with Gasteiger partial charge in [0, 0.05) is 42.3 Å². The number of allylic oxidation sites excluding steroid dienone is 2. The van der Waals surface area contributed by atoms with E-state index in [9.17, 15) is 21.4 Å². The standard InChI is InChI=1S/C25H29N3O6S4/c1-2-26-34-38(32,33)19-9-17-28-21-11-4-6-13-23(21)36-25(28)15-7-14-24-27(16-8-18-37(29,30)31)20-10-3-5-12-22(20)35-24/h3-7,10-15,26H,2,8-9,16-19H2,1H3. The number of hydroxylamine groups is 1. The lowest BCUT2D eigenvalue weighted by Crippen LogP contribution is -2.35. The first-order valence-electron chi connectivity index (χ1n) is 12.1. The lowest BCUT2D eigenvalue weighted by molar-refractivity contribution is -0.668. The Balaban J connectivity index is 1.53. The van der Waals surface area contributed by atoms with Gasteiger partial charge in [0.05, 0.1) is 26.6 Å². The Morgan fingerprint density at radius 3 is 2.61 bits per heavy atom. The Bertz CT molecular complexity index is 1550. The summed E-state index contributed by atoms with van der Waals surface area (Å²) in [6, 6.07) is 15.8. The first-order chi connectivity index (χ1) is 18.2. The summed E-state index contributed by atoms with van der Waals surface area (Å²) in [6.07, 6.45) is 6.53. The van der Waals surface area contributed by atoms with Crippen LogP contribution in [0.2, 0.25) is 0 Å². The van der Waals surface area contributed by atoms with Gasteiger partial charge in [0.15, 0.2) is 6.54 Å². The summed E-state index contributed by atoms with van der Waals surface area (Å²) in [5, 5.41) is 1.91. The molecule has 1 aromatic heterocycles. The molecule has 13 heteroatoms. The van der Waals surface area contributed by atoms with Crippen molar-refractivity contribution in [3.8, 4) is 0 Å². The number of hydrogen-bond acceptors (Lipinski definition) is 10. The molecular weight excluding hydrogens is 567 g/mol. The van der Waals surface area contributed by atoms with Gasteiger partial charge in [0.1, 0.15) is 4.70 Å².